The quantitative estimate of drug-likeness (QED) is 0.463. The number of anilines is 1. The summed E-state index contributed by atoms with van der Waals surface area (Å²) in [6, 6.07) is 4.67. The van der Waals surface area contributed by atoms with Crippen LogP contribution in [0.4, 0.5) is 24.5 Å². The zero-order chi connectivity index (χ0) is 21.2. The van der Waals surface area contributed by atoms with Crippen molar-refractivity contribution >= 4 is 17.3 Å². The summed E-state index contributed by atoms with van der Waals surface area (Å²) in [7, 11) is 0. The second kappa shape index (κ2) is 8.59. The van der Waals surface area contributed by atoms with Gasteiger partial charge in [-0.2, -0.15) is 13.2 Å². The third-order valence-electron chi connectivity index (χ3n) is 5.92. The summed E-state index contributed by atoms with van der Waals surface area (Å²) in [4.78, 5) is 24.1. The number of nitro groups is 1. The fourth-order valence-electron chi connectivity index (χ4n) is 4.34. The van der Waals surface area contributed by atoms with E-state index in [2.05, 4.69) is 0 Å². The number of carboxylic acid groups (broad SMARTS) is 1. The normalized spacial score (nSPS) is 22.3. The van der Waals surface area contributed by atoms with Gasteiger partial charge in [0.15, 0.2) is 0 Å². The van der Waals surface area contributed by atoms with Crippen LogP contribution in [0.1, 0.15) is 62.8 Å². The molecule has 0 spiro atoms. The van der Waals surface area contributed by atoms with Gasteiger partial charge in [-0.05, 0) is 43.2 Å². The van der Waals surface area contributed by atoms with Gasteiger partial charge in [-0.25, -0.2) is 0 Å². The lowest BCUT2D eigenvalue weighted by Gasteiger charge is -2.36. The van der Waals surface area contributed by atoms with Crippen LogP contribution in [0.25, 0.3) is 0 Å². The Morgan fingerprint density at radius 1 is 1.24 bits per heavy atom. The Kier molecular flexibility index (Phi) is 6.33. The van der Waals surface area contributed by atoms with E-state index >= 15 is 0 Å². The van der Waals surface area contributed by atoms with E-state index in [4.69, 9.17) is 5.11 Å². The number of nitro benzene ring substituents is 1. The van der Waals surface area contributed by atoms with Gasteiger partial charge >= 0.3 is 12.1 Å². The maximum Gasteiger partial charge on any atom is 0.389 e. The molecular formula is C20H25F3N2O4. The van der Waals surface area contributed by atoms with E-state index in [1.54, 1.807) is 17.0 Å². The fraction of sp³-hybridized carbons (Fsp3) is 0.650. The van der Waals surface area contributed by atoms with E-state index in [0.717, 1.165) is 32.1 Å². The summed E-state index contributed by atoms with van der Waals surface area (Å²) in [5.41, 5.74) is 0.781. The lowest BCUT2D eigenvalue weighted by atomic mass is 9.93. The molecule has 9 heteroatoms. The largest absolute Gasteiger partial charge is 0.481 e. The van der Waals surface area contributed by atoms with Crippen molar-refractivity contribution in [3.63, 3.8) is 0 Å². The maximum atomic E-state index is 12.6. The molecule has 0 bridgehead atoms. The van der Waals surface area contributed by atoms with Gasteiger partial charge in [0.1, 0.15) is 5.69 Å². The molecule has 2 unspecified atom stereocenters. The molecule has 0 aliphatic heterocycles. The summed E-state index contributed by atoms with van der Waals surface area (Å²) in [6.07, 6.45) is -0.290. The minimum Gasteiger partial charge on any atom is -0.481 e. The lowest BCUT2D eigenvalue weighted by Crippen LogP contribution is -2.38. The molecule has 1 aromatic rings. The van der Waals surface area contributed by atoms with Gasteiger partial charge in [-0.15, -0.1) is 0 Å². The molecule has 2 aliphatic carbocycles. The number of carbonyl (C=O) groups is 1. The molecule has 2 fully saturated rings. The molecule has 1 N–H and O–H groups in total. The Hall–Kier alpha value is -2.32. The highest BCUT2D eigenvalue weighted by Gasteiger charge is 2.45. The topological polar surface area (TPSA) is 83.7 Å². The van der Waals surface area contributed by atoms with Crippen LogP contribution < -0.4 is 4.90 Å². The molecule has 0 amide bonds. The predicted molar refractivity (Wildman–Crippen MR) is 101 cm³/mol. The van der Waals surface area contributed by atoms with E-state index in [-0.39, 0.29) is 30.6 Å². The number of alkyl halides is 3. The zero-order valence-electron chi connectivity index (χ0n) is 16.0. The highest BCUT2D eigenvalue weighted by molar-refractivity contribution is 5.76. The summed E-state index contributed by atoms with van der Waals surface area (Å²) in [6.45, 7) is 0.103. The minimum atomic E-state index is -4.26. The second-order valence-electron chi connectivity index (χ2n) is 8.00. The summed E-state index contributed by atoms with van der Waals surface area (Å²) < 4.78 is 37.9. The van der Waals surface area contributed by atoms with E-state index < -0.39 is 29.4 Å². The molecule has 6 nitrogen and oxygen atoms in total. The SMILES string of the molecule is O=C(O)C1CC1c1ccc(N(CCCC(F)(F)F)C2CCCCC2)c([N+](=O)[O-])c1. The van der Waals surface area contributed by atoms with Crippen LogP contribution in [-0.2, 0) is 4.79 Å². The van der Waals surface area contributed by atoms with Crippen LogP contribution in [0, 0.1) is 16.0 Å². The van der Waals surface area contributed by atoms with Crippen LogP contribution in [0.5, 0.6) is 0 Å². The standard InChI is InChI=1S/C20H25F3N2O4/c21-20(22,23)9-4-10-24(14-5-2-1-3-6-14)17-8-7-13(11-18(17)25(28)29)15-12-16(15)19(26)27/h7-8,11,14-16H,1-6,9-10,12H2,(H,26,27). The smallest absolute Gasteiger partial charge is 0.389 e. The molecule has 29 heavy (non-hydrogen) atoms. The summed E-state index contributed by atoms with van der Waals surface area (Å²) >= 11 is 0. The fourth-order valence-corrected chi connectivity index (χ4v) is 4.34. The molecule has 2 atom stereocenters. The predicted octanol–water partition coefficient (Wildman–Crippen LogP) is 5.26. The number of hydrogen-bond donors (Lipinski definition) is 1. The van der Waals surface area contributed by atoms with Crippen molar-refractivity contribution in [3.05, 3.63) is 33.9 Å². The third-order valence-corrected chi connectivity index (χ3v) is 5.92. The van der Waals surface area contributed by atoms with E-state index in [9.17, 15) is 28.1 Å². The Morgan fingerprint density at radius 2 is 1.93 bits per heavy atom. The zero-order valence-corrected chi connectivity index (χ0v) is 16.0. The number of nitrogens with zero attached hydrogens (tertiary/aromatic N) is 2. The Labute approximate surface area is 166 Å². The van der Waals surface area contributed by atoms with Gasteiger partial charge in [0, 0.05) is 25.1 Å². The number of halogens is 3. The van der Waals surface area contributed by atoms with Crippen molar-refractivity contribution in [2.45, 2.75) is 69.5 Å². The van der Waals surface area contributed by atoms with Gasteiger partial charge in [-0.3, -0.25) is 14.9 Å². The van der Waals surface area contributed by atoms with Crippen LogP contribution in [0.3, 0.4) is 0 Å². The van der Waals surface area contributed by atoms with Crippen LogP contribution in [0.2, 0.25) is 0 Å². The molecular weight excluding hydrogens is 389 g/mol. The van der Waals surface area contributed by atoms with E-state index in [1.165, 1.54) is 6.07 Å². The first-order valence-electron chi connectivity index (χ1n) is 10.0. The molecule has 160 valence electrons. The Morgan fingerprint density at radius 3 is 2.48 bits per heavy atom. The van der Waals surface area contributed by atoms with Crippen molar-refractivity contribution in [2.75, 3.05) is 11.4 Å². The monoisotopic (exact) mass is 414 g/mol. The Balaban J connectivity index is 1.86. The first-order valence-corrected chi connectivity index (χ1v) is 10.0. The number of benzene rings is 1. The number of rotatable bonds is 8. The first kappa shape index (κ1) is 21.4. The highest BCUT2D eigenvalue weighted by atomic mass is 19.4. The average molecular weight is 414 g/mol. The van der Waals surface area contributed by atoms with E-state index in [1.807, 2.05) is 0 Å². The molecule has 2 aliphatic rings. The molecule has 0 saturated heterocycles. The lowest BCUT2D eigenvalue weighted by molar-refractivity contribution is -0.384. The van der Waals surface area contributed by atoms with Crippen LogP contribution >= 0.6 is 0 Å². The van der Waals surface area contributed by atoms with E-state index in [0.29, 0.717) is 17.7 Å². The summed E-state index contributed by atoms with van der Waals surface area (Å²) in [5, 5.41) is 20.8. The number of hydrogen-bond acceptors (Lipinski definition) is 4. The van der Waals surface area contributed by atoms with Crippen molar-refractivity contribution < 1.29 is 28.0 Å². The maximum absolute atomic E-state index is 12.6. The molecule has 2 saturated carbocycles. The van der Waals surface area contributed by atoms with Crippen LogP contribution in [0.15, 0.2) is 18.2 Å². The van der Waals surface area contributed by atoms with Crippen molar-refractivity contribution in [3.8, 4) is 0 Å². The second-order valence-corrected chi connectivity index (χ2v) is 8.00. The number of aliphatic carboxylic acids is 1. The van der Waals surface area contributed by atoms with Crippen molar-refractivity contribution in [2.24, 2.45) is 5.92 Å². The molecule has 0 aromatic heterocycles. The Bertz CT molecular complexity index is 763. The van der Waals surface area contributed by atoms with Crippen molar-refractivity contribution in [1.82, 2.24) is 0 Å². The molecule has 1 aromatic carbocycles. The minimum absolute atomic E-state index is 0.0192. The molecule has 0 radical (unpaired) electrons. The first-order chi connectivity index (χ1) is 13.7. The highest BCUT2D eigenvalue weighted by Crippen LogP contribution is 2.49. The van der Waals surface area contributed by atoms with Gasteiger partial charge in [0.25, 0.3) is 5.69 Å². The molecule has 0 heterocycles. The van der Waals surface area contributed by atoms with Gasteiger partial charge in [0.05, 0.1) is 10.8 Å². The molecule has 3 rings (SSSR count). The average Bonchev–Trinajstić information content (AvgIpc) is 3.46. The van der Waals surface area contributed by atoms with Crippen molar-refractivity contribution in [1.29, 1.82) is 0 Å². The summed E-state index contributed by atoms with van der Waals surface area (Å²) in [5.74, 6) is -1.69. The van der Waals surface area contributed by atoms with Gasteiger partial charge in [0.2, 0.25) is 0 Å². The van der Waals surface area contributed by atoms with Gasteiger partial charge < -0.3 is 10.0 Å². The number of carboxylic acids is 1. The van der Waals surface area contributed by atoms with Crippen LogP contribution in [-0.4, -0.2) is 34.8 Å². The third kappa shape index (κ3) is 5.39. The van der Waals surface area contributed by atoms with Gasteiger partial charge in [-0.1, -0.05) is 25.3 Å².